The van der Waals surface area contributed by atoms with E-state index in [-0.39, 0.29) is 12.7 Å². The Morgan fingerprint density at radius 1 is 1.00 bits per heavy atom. The Bertz CT molecular complexity index is 1310. The zero-order valence-corrected chi connectivity index (χ0v) is 20.0. The molecule has 9 heteroatoms. The SMILES string of the molecule is CC(C(=O)NCc1ccc2c(c1)OCO2)n1ccc2cc(S(=O)(=O)N3CCCCCC3)ccc21. The van der Waals surface area contributed by atoms with E-state index in [4.69, 9.17) is 9.47 Å². The van der Waals surface area contributed by atoms with E-state index >= 15 is 0 Å². The summed E-state index contributed by atoms with van der Waals surface area (Å²) in [7, 11) is -3.52. The molecule has 1 unspecified atom stereocenters. The number of nitrogens with zero attached hydrogens (tertiary/aromatic N) is 2. The Labute approximate surface area is 199 Å². The van der Waals surface area contributed by atoms with Crippen molar-refractivity contribution in [3.8, 4) is 11.5 Å². The van der Waals surface area contributed by atoms with Gasteiger partial charge in [0.2, 0.25) is 22.7 Å². The molecule has 1 fully saturated rings. The van der Waals surface area contributed by atoms with E-state index in [0.717, 1.165) is 42.1 Å². The summed E-state index contributed by atoms with van der Waals surface area (Å²) in [6.45, 7) is 3.56. The molecule has 0 spiro atoms. The van der Waals surface area contributed by atoms with Crippen molar-refractivity contribution < 1.29 is 22.7 Å². The predicted molar refractivity (Wildman–Crippen MR) is 128 cm³/mol. The van der Waals surface area contributed by atoms with Gasteiger partial charge < -0.3 is 19.4 Å². The number of amides is 1. The van der Waals surface area contributed by atoms with E-state index in [1.807, 2.05) is 42.0 Å². The molecule has 0 saturated carbocycles. The number of ether oxygens (including phenoxy) is 2. The Hall–Kier alpha value is -3.04. The van der Waals surface area contributed by atoms with Gasteiger partial charge >= 0.3 is 0 Å². The average molecular weight is 484 g/mol. The minimum absolute atomic E-state index is 0.128. The van der Waals surface area contributed by atoms with E-state index < -0.39 is 16.1 Å². The minimum Gasteiger partial charge on any atom is -0.454 e. The van der Waals surface area contributed by atoms with Crippen LogP contribution in [0.1, 0.15) is 44.2 Å². The van der Waals surface area contributed by atoms with Gasteiger partial charge in [0.15, 0.2) is 11.5 Å². The maximum atomic E-state index is 13.2. The number of fused-ring (bicyclic) bond motifs is 2. The molecule has 2 aliphatic rings. The van der Waals surface area contributed by atoms with E-state index in [2.05, 4.69) is 5.32 Å². The van der Waals surface area contributed by atoms with Crippen LogP contribution in [-0.2, 0) is 21.4 Å². The molecule has 5 rings (SSSR count). The Kier molecular flexibility index (Phi) is 6.22. The minimum atomic E-state index is -3.52. The molecule has 2 aromatic carbocycles. The molecule has 180 valence electrons. The summed E-state index contributed by atoms with van der Waals surface area (Å²) in [5.74, 6) is 1.26. The Balaban J connectivity index is 1.30. The number of nitrogens with one attached hydrogen (secondary N) is 1. The molecule has 34 heavy (non-hydrogen) atoms. The van der Waals surface area contributed by atoms with Gasteiger partial charge in [0.25, 0.3) is 0 Å². The number of rotatable bonds is 6. The summed E-state index contributed by atoms with van der Waals surface area (Å²) in [6, 6.07) is 12.2. The van der Waals surface area contributed by atoms with Crippen molar-refractivity contribution >= 4 is 26.8 Å². The molecule has 8 nitrogen and oxygen atoms in total. The van der Waals surface area contributed by atoms with Gasteiger partial charge in [0.1, 0.15) is 6.04 Å². The number of sulfonamides is 1. The van der Waals surface area contributed by atoms with Crippen LogP contribution in [0.15, 0.2) is 53.6 Å². The van der Waals surface area contributed by atoms with Gasteiger partial charge in [-0.05, 0) is 61.7 Å². The summed E-state index contributed by atoms with van der Waals surface area (Å²) in [4.78, 5) is 13.2. The van der Waals surface area contributed by atoms with Crippen molar-refractivity contribution in [2.75, 3.05) is 19.9 Å². The lowest BCUT2D eigenvalue weighted by Crippen LogP contribution is -2.32. The molecule has 1 N–H and O–H groups in total. The molecule has 3 heterocycles. The highest BCUT2D eigenvalue weighted by Crippen LogP contribution is 2.32. The average Bonchev–Trinajstić information content (AvgIpc) is 3.39. The third kappa shape index (κ3) is 4.37. The van der Waals surface area contributed by atoms with Crippen molar-refractivity contribution in [3.05, 3.63) is 54.2 Å². The van der Waals surface area contributed by atoms with Gasteiger partial charge in [-0.25, -0.2) is 8.42 Å². The number of carbonyl (C=O) groups is 1. The zero-order chi connectivity index (χ0) is 23.7. The normalized spacial score (nSPS) is 17.4. The summed E-state index contributed by atoms with van der Waals surface area (Å²) in [6.07, 6.45) is 5.77. The topological polar surface area (TPSA) is 89.9 Å². The smallest absolute Gasteiger partial charge is 0.243 e. The van der Waals surface area contributed by atoms with Gasteiger partial charge in [0, 0.05) is 36.7 Å². The quantitative estimate of drug-likeness (QED) is 0.576. The maximum Gasteiger partial charge on any atom is 0.243 e. The van der Waals surface area contributed by atoms with Crippen LogP contribution < -0.4 is 14.8 Å². The first kappa shape index (κ1) is 22.7. The molecule has 3 aromatic rings. The highest BCUT2D eigenvalue weighted by Gasteiger charge is 2.26. The van der Waals surface area contributed by atoms with Gasteiger partial charge in [-0.3, -0.25) is 4.79 Å². The maximum absolute atomic E-state index is 13.2. The van der Waals surface area contributed by atoms with Crippen molar-refractivity contribution in [2.24, 2.45) is 0 Å². The van der Waals surface area contributed by atoms with Crippen LogP contribution in [0.5, 0.6) is 11.5 Å². The Morgan fingerprint density at radius 3 is 2.56 bits per heavy atom. The molecular weight excluding hydrogens is 454 g/mol. The van der Waals surface area contributed by atoms with E-state index in [9.17, 15) is 13.2 Å². The second-order valence-corrected chi connectivity index (χ2v) is 10.8. The lowest BCUT2D eigenvalue weighted by Gasteiger charge is -2.20. The Morgan fingerprint density at radius 2 is 1.76 bits per heavy atom. The molecule has 1 atom stereocenters. The highest BCUT2D eigenvalue weighted by molar-refractivity contribution is 7.89. The monoisotopic (exact) mass is 483 g/mol. The highest BCUT2D eigenvalue weighted by atomic mass is 32.2. The molecule has 1 saturated heterocycles. The molecule has 1 aromatic heterocycles. The van der Waals surface area contributed by atoms with Gasteiger partial charge in [-0.15, -0.1) is 0 Å². The van der Waals surface area contributed by atoms with Crippen LogP contribution in [-0.4, -0.2) is 43.1 Å². The second-order valence-electron chi connectivity index (χ2n) is 8.84. The van der Waals surface area contributed by atoms with Crippen LogP contribution in [0, 0.1) is 0 Å². The van der Waals surface area contributed by atoms with Crippen LogP contribution in [0.2, 0.25) is 0 Å². The van der Waals surface area contributed by atoms with Crippen LogP contribution >= 0.6 is 0 Å². The van der Waals surface area contributed by atoms with E-state index in [0.29, 0.717) is 36.0 Å². The summed E-state index contributed by atoms with van der Waals surface area (Å²) in [5.41, 5.74) is 1.74. The van der Waals surface area contributed by atoms with Crippen molar-refractivity contribution in [3.63, 3.8) is 0 Å². The predicted octanol–water partition coefficient (Wildman–Crippen LogP) is 3.81. The first-order valence-electron chi connectivity index (χ1n) is 11.7. The lowest BCUT2D eigenvalue weighted by atomic mass is 10.2. The second kappa shape index (κ2) is 9.31. The third-order valence-electron chi connectivity index (χ3n) is 6.60. The van der Waals surface area contributed by atoms with Gasteiger partial charge in [-0.2, -0.15) is 4.31 Å². The summed E-state index contributed by atoms with van der Waals surface area (Å²) >= 11 is 0. The van der Waals surface area contributed by atoms with E-state index in [1.165, 1.54) is 0 Å². The summed E-state index contributed by atoms with van der Waals surface area (Å²) < 4.78 is 40.5. The first-order chi connectivity index (χ1) is 16.4. The van der Waals surface area contributed by atoms with Crippen molar-refractivity contribution in [2.45, 2.75) is 50.1 Å². The van der Waals surface area contributed by atoms with Crippen molar-refractivity contribution in [1.82, 2.24) is 14.2 Å². The standard InChI is InChI=1S/C25H29N3O5S/c1-18(25(29)26-16-19-6-9-23-24(14-19)33-17-32-23)28-13-10-20-15-21(7-8-22(20)28)34(30,31)27-11-4-2-3-5-12-27/h6-10,13-15,18H,2-5,11-12,16-17H2,1H3,(H,26,29). The molecule has 0 aliphatic carbocycles. The summed E-state index contributed by atoms with van der Waals surface area (Å²) in [5, 5.41) is 3.77. The lowest BCUT2D eigenvalue weighted by molar-refractivity contribution is -0.123. The fourth-order valence-corrected chi connectivity index (χ4v) is 6.14. The number of aromatic nitrogens is 1. The number of benzene rings is 2. The van der Waals surface area contributed by atoms with E-state index in [1.54, 1.807) is 22.5 Å². The molecule has 0 radical (unpaired) electrons. The van der Waals surface area contributed by atoms with Crippen molar-refractivity contribution in [1.29, 1.82) is 0 Å². The fourth-order valence-electron chi connectivity index (χ4n) is 4.59. The molecule has 1 amide bonds. The third-order valence-corrected chi connectivity index (χ3v) is 8.49. The van der Waals surface area contributed by atoms with Gasteiger partial charge in [0.05, 0.1) is 4.90 Å². The number of carbonyl (C=O) groups excluding carboxylic acids is 1. The van der Waals surface area contributed by atoms with Crippen LogP contribution in [0.4, 0.5) is 0 Å². The molecule has 0 bridgehead atoms. The fraction of sp³-hybridized carbons (Fsp3) is 0.400. The largest absolute Gasteiger partial charge is 0.454 e. The van der Waals surface area contributed by atoms with Crippen LogP contribution in [0.25, 0.3) is 10.9 Å². The molecular formula is C25H29N3O5S. The van der Waals surface area contributed by atoms with Crippen LogP contribution in [0.3, 0.4) is 0 Å². The zero-order valence-electron chi connectivity index (χ0n) is 19.2. The molecule has 2 aliphatic heterocycles. The van der Waals surface area contributed by atoms with Gasteiger partial charge in [-0.1, -0.05) is 18.9 Å². The first-order valence-corrected chi connectivity index (χ1v) is 13.1. The number of hydrogen-bond donors (Lipinski definition) is 1. The number of hydrogen-bond acceptors (Lipinski definition) is 5.